The Balaban J connectivity index is 1.95. The van der Waals surface area contributed by atoms with Crippen molar-refractivity contribution in [3.63, 3.8) is 0 Å². The van der Waals surface area contributed by atoms with Crippen LogP contribution in [0.25, 0.3) is 5.57 Å². The highest BCUT2D eigenvalue weighted by Gasteiger charge is 2.39. The maximum absolute atomic E-state index is 13.1. The zero-order valence-corrected chi connectivity index (χ0v) is 16.4. The van der Waals surface area contributed by atoms with Crippen molar-refractivity contribution in [2.75, 3.05) is 13.7 Å². The molecule has 0 fully saturated rings. The number of benzene rings is 1. The molecule has 1 aliphatic heterocycles. The van der Waals surface area contributed by atoms with Crippen LogP contribution in [0.2, 0.25) is 0 Å². The average Bonchev–Trinajstić information content (AvgIpc) is 3.28. The van der Waals surface area contributed by atoms with Gasteiger partial charge in [0.2, 0.25) is 0 Å². The number of amides is 2. The van der Waals surface area contributed by atoms with Crippen molar-refractivity contribution in [2.45, 2.75) is 31.9 Å². The Hall–Kier alpha value is -2.47. The highest BCUT2D eigenvalue weighted by atomic mass is 32.2. The van der Waals surface area contributed by atoms with Crippen molar-refractivity contribution in [2.24, 2.45) is 0 Å². The van der Waals surface area contributed by atoms with E-state index >= 15 is 0 Å². The lowest BCUT2D eigenvalue weighted by molar-refractivity contribution is -0.136. The summed E-state index contributed by atoms with van der Waals surface area (Å²) < 4.78 is 10.8. The molecule has 0 aliphatic carbocycles. The zero-order chi connectivity index (χ0) is 19.2. The second-order valence-corrected chi connectivity index (χ2v) is 7.23. The van der Waals surface area contributed by atoms with Gasteiger partial charge < -0.3 is 9.15 Å². The van der Waals surface area contributed by atoms with Crippen LogP contribution in [0.5, 0.6) is 5.75 Å². The third kappa shape index (κ3) is 4.11. The fourth-order valence-corrected chi connectivity index (χ4v) is 4.06. The van der Waals surface area contributed by atoms with Crippen molar-refractivity contribution in [1.29, 1.82) is 0 Å². The van der Waals surface area contributed by atoms with Crippen LogP contribution in [-0.2, 0) is 15.3 Å². The van der Waals surface area contributed by atoms with E-state index in [0.29, 0.717) is 34.1 Å². The number of hydrogen-bond acceptors (Lipinski definition) is 5. The van der Waals surface area contributed by atoms with Gasteiger partial charge in [-0.15, -0.1) is 11.8 Å². The number of hydrogen-bond donors (Lipinski definition) is 0. The minimum absolute atomic E-state index is 0.228. The first-order chi connectivity index (χ1) is 13.2. The average molecular weight is 385 g/mol. The van der Waals surface area contributed by atoms with Gasteiger partial charge in [0.1, 0.15) is 11.5 Å². The molecule has 0 spiro atoms. The Labute approximate surface area is 163 Å². The number of rotatable bonds is 9. The molecule has 2 aromatic rings. The van der Waals surface area contributed by atoms with Crippen LogP contribution in [0.15, 0.2) is 52.0 Å². The normalized spacial score (nSPS) is 14.4. The molecular formula is C21H23NO4S. The van der Waals surface area contributed by atoms with Gasteiger partial charge in [0.15, 0.2) is 0 Å². The van der Waals surface area contributed by atoms with Crippen LogP contribution in [0.3, 0.4) is 0 Å². The number of furan rings is 1. The van der Waals surface area contributed by atoms with E-state index in [4.69, 9.17) is 9.15 Å². The molecule has 3 rings (SSSR count). The molecule has 27 heavy (non-hydrogen) atoms. The first kappa shape index (κ1) is 19.3. The van der Waals surface area contributed by atoms with Crippen LogP contribution < -0.4 is 4.74 Å². The molecule has 0 bridgehead atoms. The van der Waals surface area contributed by atoms with Crippen LogP contribution in [0, 0.1) is 0 Å². The second kappa shape index (κ2) is 8.95. The quantitative estimate of drug-likeness (QED) is 0.470. The first-order valence-electron chi connectivity index (χ1n) is 9.06. The topological polar surface area (TPSA) is 59.8 Å². The molecule has 0 saturated heterocycles. The molecular weight excluding hydrogens is 362 g/mol. The number of thioether (sulfide) groups is 1. The van der Waals surface area contributed by atoms with Gasteiger partial charge >= 0.3 is 0 Å². The number of unbranched alkanes of at least 4 members (excludes halogenated alkanes) is 2. The fraction of sp³-hybridized carbons (Fsp3) is 0.333. The monoisotopic (exact) mass is 385 g/mol. The molecule has 2 amide bonds. The Kier molecular flexibility index (Phi) is 6.40. The van der Waals surface area contributed by atoms with E-state index in [0.717, 1.165) is 25.0 Å². The summed E-state index contributed by atoms with van der Waals surface area (Å²) in [6, 6.07) is 11.0. The third-order valence-electron chi connectivity index (χ3n) is 4.43. The van der Waals surface area contributed by atoms with Gasteiger partial charge in [-0.1, -0.05) is 38.0 Å². The minimum atomic E-state index is -0.248. The van der Waals surface area contributed by atoms with Gasteiger partial charge in [0, 0.05) is 12.1 Å². The number of methoxy groups -OCH3 is 1. The van der Waals surface area contributed by atoms with E-state index in [1.807, 2.05) is 30.3 Å². The lowest BCUT2D eigenvalue weighted by Crippen LogP contribution is -2.32. The predicted molar refractivity (Wildman–Crippen MR) is 106 cm³/mol. The Morgan fingerprint density at radius 3 is 2.59 bits per heavy atom. The lowest BCUT2D eigenvalue weighted by Gasteiger charge is -2.15. The summed E-state index contributed by atoms with van der Waals surface area (Å²) in [6.07, 6.45) is 4.42. The van der Waals surface area contributed by atoms with Gasteiger partial charge in [-0.25, -0.2) is 0 Å². The number of carbonyl (C=O) groups is 2. The van der Waals surface area contributed by atoms with Crippen LogP contribution in [0.1, 0.15) is 37.5 Å². The molecule has 5 nitrogen and oxygen atoms in total. The Morgan fingerprint density at radius 1 is 1.07 bits per heavy atom. The SMILES string of the molecule is CCCCCN1C(=O)C(SCc2ccco2)=C(c2ccccc2OC)C1=O. The molecule has 1 aromatic heterocycles. The predicted octanol–water partition coefficient (Wildman–Crippen LogP) is 4.49. The van der Waals surface area contributed by atoms with E-state index in [-0.39, 0.29) is 11.8 Å². The summed E-state index contributed by atoms with van der Waals surface area (Å²) in [4.78, 5) is 27.9. The van der Waals surface area contributed by atoms with E-state index < -0.39 is 0 Å². The Bertz CT molecular complexity index is 842. The molecule has 0 unspecified atom stereocenters. The molecule has 0 atom stereocenters. The molecule has 1 aliphatic rings. The van der Waals surface area contributed by atoms with E-state index in [2.05, 4.69) is 6.92 Å². The standard InChI is InChI=1S/C21H23NO4S/c1-3-4-7-12-22-20(23)18(16-10-5-6-11-17(16)25-2)19(21(22)24)27-14-15-9-8-13-26-15/h5-6,8-11,13H,3-4,7,12,14H2,1-2H3. The maximum atomic E-state index is 13.1. The zero-order valence-electron chi connectivity index (χ0n) is 15.6. The molecule has 0 radical (unpaired) electrons. The molecule has 0 saturated carbocycles. The summed E-state index contributed by atoms with van der Waals surface area (Å²) in [6.45, 7) is 2.53. The number of nitrogens with zero attached hydrogens (tertiary/aromatic N) is 1. The maximum Gasteiger partial charge on any atom is 0.267 e. The van der Waals surface area contributed by atoms with Gasteiger partial charge in [-0.3, -0.25) is 14.5 Å². The highest BCUT2D eigenvalue weighted by molar-refractivity contribution is 8.03. The van der Waals surface area contributed by atoms with E-state index in [9.17, 15) is 9.59 Å². The van der Waals surface area contributed by atoms with Gasteiger partial charge in [0.25, 0.3) is 11.8 Å². The van der Waals surface area contributed by atoms with E-state index in [1.54, 1.807) is 19.4 Å². The van der Waals surface area contributed by atoms with Gasteiger partial charge in [-0.2, -0.15) is 0 Å². The van der Waals surface area contributed by atoms with E-state index in [1.165, 1.54) is 16.7 Å². The second-order valence-electron chi connectivity index (χ2n) is 6.24. The number of para-hydroxylation sites is 1. The summed E-state index contributed by atoms with van der Waals surface area (Å²) in [5.74, 6) is 1.36. The van der Waals surface area contributed by atoms with Gasteiger partial charge in [-0.05, 0) is 24.6 Å². The summed E-state index contributed by atoms with van der Waals surface area (Å²) in [5.41, 5.74) is 1.07. The number of imide groups is 1. The molecule has 0 N–H and O–H groups in total. The van der Waals surface area contributed by atoms with Crippen molar-refractivity contribution in [3.05, 3.63) is 58.9 Å². The highest BCUT2D eigenvalue weighted by Crippen LogP contribution is 2.40. The molecule has 6 heteroatoms. The summed E-state index contributed by atoms with van der Waals surface area (Å²) in [5, 5.41) is 0. The molecule has 1 aromatic carbocycles. The van der Waals surface area contributed by atoms with Crippen LogP contribution >= 0.6 is 11.8 Å². The fourth-order valence-electron chi connectivity index (χ4n) is 3.04. The van der Waals surface area contributed by atoms with Crippen molar-refractivity contribution >= 4 is 29.1 Å². The van der Waals surface area contributed by atoms with Crippen molar-refractivity contribution in [3.8, 4) is 5.75 Å². The van der Waals surface area contributed by atoms with Crippen molar-refractivity contribution in [1.82, 2.24) is 4.90 Å². The minimum Gasteiger partial charge on any atom is -0.496 e. The largest absolute Gasteiger partial charge is 0.496 e. The summed E-state index contributed by atoms with van der Waals surface area (Å²) in [7, 11) is 1.56. The van der Waals surface area contributed by atoms with Crippen LogP contribution in [-0.4, -0.2) is 30.4 Å². The number of ether oxygens (including phenoxy) is 1. The number of carbonyl (C=O) groups excluding carboxylic acids is 2. The smallest absolute Gasteiger partial charge is 0.267 e. The first-order valence-corrected chi connectivity index (χ1v) is 10.0. The molecule has 142 valence electrons. The molecule has 2 heterocycles. The van der Waals surface area contributed by atoms with Crippen LogP contribution in [0.4, 0.5) is 0 Å². The Morgan fingerprint density at radius 2 is 1.89 bits per heavy atom. The third-order valence-corrected chi connectivity index (χ3v) is 5.52. The van der Waals surface area contributed by atoms with Crippen molar-refractivity contribution < 1.29 is 18.7 Å². The summed E-state index contributed by atoms with van der Waals surface area (Å²) >= 11 is 1.34. The van der Waals surface area contributed by atoms with Gasteiger partial charge in [0.05, 0.1) is 29.6 Å². The lowest BCUT2D eigenvalue weighted by atomic mass is 10.1.